The SMILES string of the molecule is CC(C)c1cccc(C(C)O)n1. The lowest BCUT2D eigenvalue weighted by Gasteiger charge is -2.08. The molecule has 1 aromatic rings. The number of aromatic nitrogens is 1. The molecule has 1 heterocycles. The average molecular weight is 165 g/mol. The molecule has 0 amide bonds. The highest BCUT2D eigenvalue weighted by Crippen LogP contribution is 2.14. The second-order valence-electron chi connectivity index (χ2n) is 3.32. The van der Waals surface area contributed by atoms with Gasteiger partial charge in [-0.05, 0) is 25.0 Å². The summed E-state index contributed by atoms with van der Waals surface area (Å²) in [6.45, 7) is 5.91. The van der Waals surface area contributed by atoms with Crippen LogP contribution in [-0.4, -0.2) is 10.1 Å². The monoisotopic (exact) mass is 165 g/mol. The first-order valence-corrected chi connectivity index (χ1v) is 4.26. The van der Waals surface area contributed by atoms with Gasteiger partial charge in [0.05, 0.1) is 11.8 Å². The van der Waals surface area contributed by atoms with Crippen molar-refractivity contribution in [2.24, 2.45) is 0 Å². The molecule has 0 aromatic carbocycles. The van der Waals surface area contributed by atoms with E-state index in [0.717, 1.165) is 11.4 Å². The molecule has 0 fully saturated rings. The topological polar surface area (TPSA) is 33.1 Å². The van der Waals surface area contributed by atoms with Crippen molar-refractivity contribution in [3.8, 4) is 0 Å². The molecule has 0 radical (unpaired) electrons. The van der Waals surface area contributed by atoms with E-state index in [4.69, 9.17) is 0 Å². The largest absolute Gasteiger partial charge is 0.387 e. The third-order valence-corrected chi connectivity index (χ3v) is 1.81. The Morgan fingerprint density at radius 1 is 1.17 bits per heavy atom. The van der Waals surface area contributed by atoms with Crippen molar-refractivity contribution in [2.45, 2.75) is 32.8 Å². The maximum Gasteiger partial charge on any atom is 0.0931 e. The van der Waals surface area contributed by atoms with Crippen LogP contribution in [0.5, 0.6) is 0 Å². The molecule has 12 heavy (non-hydrogen) atoms. The minimum Gasteiger partial charge on any atom is -0.387 e. The van der Waals surface area contributed by atoms with Gasteiger partial charge in [-0.25, -0.2) is 0 Å². The lowest BCUT2D eigenvalue weighted by molar-refractivity contribution is 0.194. The van der Waals surface area contributed by atoms with Crippen LogP contribution in [0.15, 0.2) is 18.2 Å². The Morgan fingerprint density at radius 2 is 1.75 bits per heavy atom. The van der Waals surface area contributed by atoms with Crippen molar-refractivity contribution in [2.75, 3.05) is 0 Å². The van der Waals surface area contributed by atoms with Crippen LogP contribution in [0.4, 0.5) is 0 Å². The fourth-order valence-corrected chi connectivity index (χ4v) is 1.02. The average Bonchev–Trinajstić information content (AvgIpc) is 2.04. The van der Waals surface area contributed by atoms with Crippen LogP contribution >= 0.6 is 0 Å². The lowest BCUT2D eigenvalue weighted by Crippen LogP contribution is -1.99. The summed E-state index contributed by atoms with van der Waals surface area (Å²) in [4.78, 5) is 4.32. The molecule has 2 nitrogen and oxygen atoms in total. The molecule has 0 saturated heterocycles. The molecule has 1 aromatic heterocycles. The molecule has 66 valence electrons. The maximum atomic E-state index is 9.27. The molecule has 0 bridgehead atoms. The van der Waals surface area contributed by atoms with E-state index in [0.29, 0.717) is 5.92 Å². The molecular weight excluding hydrogens is 150 g/mol. The Labute approximate surface area is 73.3 Å². The van der Waals surface area contributed by atoms with E-state index in [1.165, 1.54) is 0 Å². The number of nitrogens with zero attached hydrogens (tertiary/aromatic N) is 1. The van der Waals surface area contributed by atoms with Crippen LogP contribution < -0.4 is 0 Å². The molecule has 0 aliphatic heterocycles. The van der Waals surface area contributed by atoms with Gasteiger partial charge in [-0.3, -0.25) is 4.98 Å². The molecular formula is C10H15NO. The van der Waals surface area contributed by atoms with Crippen LogP contribution in [0.2, 0.25) is 0 Å². The second-order valence-corrected chi connectivity index (χ2v) is 3.32. The Bertz CT molecular complexity index is 233. The first-order chi connectivity index (χ1) is 5.61. The summed E-state index contributed by atoms with van der Waals surface area (Å²) in [5.41, 5.74) is 1.79. The number of aliphatic hydroxyl groups is 1. The Kier molecular flexibility index (Phi) is 2.82. The smallest absolute Gasteiger partial charge is 0.0931 e. The number of rotatable bonds is 2. The van der Waals surface area contributed by atoms with E-state index >= 15 is 0 Å². The molecule has 1 unspecified atom stereocenters. The minimum atomic E-state index is -0.469. The summed E-state index contributed by atoms with van der Waals surface area (Å²) < 4.78 is 0. The lowest BCUT2D eigenvalue weighted by atomic mass is 10.1. The van der Waals surface area contributed by atoms with E-state index in [-0.39, 0.29) is 0 Å². The summed E-state index contributed by atoms with van der Waals surface area (Å²) in [5.74, 6) is 0.420. The molecule has 1 rings (SSSR count). The van der Waals surface area contributed by atoms with Crippen molar-refractivity contribution < 1.29 is 5.11 Å². The number of pyridine rings is 1. The molecule has 0 saturated carbocycles. The predicted molar refractivity (Wildman–Crippen MR) is 49.0 cm³/mol. The summed E-state index contributed by atoms with van der Waals surface area (Å²) in [6.07, 6.45) is -0.469. The highest BCUT2D eigenvalue weighted by molar-refractivity contribution is 5.14. The molecule has 0 aliphatic rings. The Morgan fingerprint density at radius 3 is 2.25 bits per heavy atom. The molecule has 1 N–H and O–H groups in total. The van der Waals surface area contributed by atoms with Crippen molar-refractivity contribution >= 4 is 0 Å². The van der Waals surface area contributed by atoms with Crippen LogP contribution in [-0.2, 0) is 0 Å². The second kappa shape index (κ2) is 3.68. The maximum absolute atomic E-state index is 9.27. The van der Waals surface area contributed by atoms with Gasteiger partial charge in [0.1, 0.15) is 0 Å². The molecule has 2 heteroatoms. The quantitative estimate of drug-likeness (QED) is 0.729. The van der Waals surface area contributed by atoms with Gasteiger partial charge in [0.25, 0.3) is 0 Å². The summed E-state index contributed by atoms with van der Waals surface area (Å²) in [5, 5.41) is 9.27. The van der Waals surface area contributed by atoms with Crippen LogP contribution in [0, 0.1) is 0 Å². The summed E-state index contributed by atoms with van der Waals surface area (Å²) in [7, 11) is 0. The zero-order valence-electron chi connectivity index (χ0n) is 7.78. The van der Waals surface area contributed by atoms with Crippen molar-refractivity contribution in [1.82, 2.24) is 4.98 Å². The van der Waals surface area contributed by atoms with Gasteiger partial charge in [0.2, 0.25) is 0 Å². The van der Waals surface area contributed by atoms with Gasteiger partial charge in [0.15, 0.2) is 0 Å². The molecule has 1 atom stereocenters. The van der Waals surface area contributed by atoms with E-state index in [1.54, 1.807) is 6.92 Å². The van der Waals surface area contributed by atoms with Gasteiger partial charge in [0, 0.05) is 5.69 Å². The van der Waals surface area contributed by atoms with Crippen molar-refractivity contribution in [3.63, 3.8) is 0 Å². The fraction of sp³-hybridized carbons (Fsp3) is 0.500. The number of aliphatic hydroxyl groups excluding tert-OH is 1. The first-order valence-electron chi connectivity index (χ1n) is 4.26. The van der Waals surface area contributed by atoms with Crippen molar-refractivity contribution in [3.05, 3.63) is 29.6 Å². The fourth-order valence-electron chi connectivity index (χ4n) is 1.02. The Hall–Kier alpha value is -0.890. The van der Waals surface area contributed by atoms with Crippen LogP contribution in [0.3, 0.4) is 0 Å². The molecule has 0 aliphatic carbocycles. The van der Waals surface area contributed by atoms with Gasteiger partial charge >= 0.3 is 0 Å². The van der Waals surface area contributed by atoms with Crippen molar-refractivity contribution in [1.29, 1.82) is 0 Å². The normalized spacial score (nSPS) is 13.4. The highest BCUT2D eigenvalue weighted by Gasteiger charge is 2.05. The minimum absolute atomic E-state index is 0.420. The van der Waals surface area contributed by atoms with Gasteiger partial charge in [-0.2, -0.15) is 0 Å². The van der Waals surface area contributed by atoms with Crippen LogP contribution in [0.1, 0.15) is 44.2 Å². The van der Waals surface area contributed by atoms with Crippen LogP contribution in [0.25, 0.3) is 0 Å². The van der Waals surface area contributed by atoms with E-state index in [1.807, 2.05) is 18.2 Å². The number of hydrogen-bond donors (Lipinski definition) is 1. The Balaban J connectivity index is 2.96. The zero-order chi connectivity index (χ0) is 9.14. The van der Waals surface area contributed by atoms with E-state index in [9.17, 15) is 5.11 Å². The summed E-state index contributed by atoms with van der Waals surface area (Å²) >= 11 is 0. The van der Waals surface area contributed by atoms with Gasteiger partial charge < -0.3 is 5.11 Å². The third kappa shape index (κ3) is 2.05. The summed E-state index contributed by atoms with van der Waals surface area (Å²) in [6, 6.07) is 5.76. The molecule has 0 spiro atoms. The zero-order valence-corrected chi connectivity index (χ0v) is 7.78. The van der Waals surface area contributed by atoms with E-state index in [2.05, 4.69) is 18.8 Å². The van der Waals surface area contributed by atoms with Gasteiger partial charge in [-0.1, -0.05) is 19.9 Å². The van der Waals surface area contributed by atoms with E-state index < -0.39 is 6.10 Å². The predicted octanol–water partition coefficient (Wildman–Crippen LogP) is 2.26. The van der Waals surface area contributed by atoms with Gasteiger partial charge in [-0.15, -0.1) is 0 Å². The number of hydrogen-bond acceptors (Lipinski definition) is 2. The standard InChI is InChI=1S/C10H15NO/c1-7(2)9-5-4-6-10(11-9)8(3)12/h4-8,12H,1-3H3. The third-order valence-electron chi connectivity index (χ3n) is 1.81. The highest BCUT2D eigenvalue weighted by atomic mass is 16.3. The first kappa shape index (κ1) is 9.20.